The predicted octanol–water partition coefficient (Wildman–Crippen LogP) is 3.37. The number of halogens is 4. The third-order valence-corrected chi connectivity index (χ3v) is 4.41. The zero-order valence-electron chi connectivity index (χ0n) is 15.0. The number of rotatable bonds is 6. The van der Waals surface area contributed by atoms with Gasteiger partial charge in [0.25, 0.3) is 11.9 Å². The molecule has 1 aromatic carbocycles. The van der Waals surface area contributed by atoms with Crippen LogP contribution in [-0.2, 0) is 20.9 Å². The van der Waals surface area contributed by atoms with Crippen molar-refractivity contribution >= 4 is 11.7 Å². The Morgan fingerprint density at radius 1 is 1.14 bits per heavy atom. The van der Waals surface area contributed by atoms with E-state index in [1.807, 2.05) is 30.3 Å². The van der Waals surface area contributed by atoms with Gasteiger partial charge < -0.3 is 14.4 Å². The van der Waals surface area contributed by atoms with Gasteiger partial charge in [-0.1, -0.05) is 30.3 Å². The van der Waals surface area contributed by atoms with Crippen molar-refractivity contribution in [2.75, 3.05) is 18.1 Å². The lowest BCUT2D eigenvalue weighted by Gasteiger charge is -2.25. The normalized spacial score (nSPS) is 19.1. The lowest BCUT2D eigenvalue weighted by atomic mass is 10.2. The van der Waals surface area contributed by atoms with Crippen molar-refractivity contribution in [3.63, 3.8) is 0 Å². The summed E-state index contributed by atoms with van der Waals surface area (Å²) in [4.78, 5) is 15.8. The zero-order valence-corrected chi connectivity index (χ0v) is 15.0. The number of pyridine rings is 1. The van der Waals surface area contributed by atoms with E-state index in [9.17, 15) is 22.4 Å². The van der Waals surface area contributed by atoms with Crippen LogP contribution in [0.1, 0.15) is 18.9 Å². The molecule has 3 rings (SSSR count). The van der Waals surface area contributed by atoms with Crippen LogP contribution in [-0.4, -0.2) is 36.3 Å². The van der Waals surface area contributed by atoms with Gasteiger partial charge in [-0.15, -0.1) is 0 Å². The molecule has 0 spiro atoms. The fraction of sp³-hybridized carbons (Fsp3) is 0.368. The average Bonchev–Trinajstić information content (AvgIpc) is 3.10. The number of carbonyl (C=O) groups is 1. The zero-order chi connectivity index (χ0) is 20.3. The van der Waals surface area contributed by atoms with Gasteiger partial charge in [-0.05, 0) is 12.5 Å². The Labute approximate surface area is 158 Å². The minimum atomic E-state index is -1.79. The molecule has 2 atom stereocenters. The fourth-order valence-electron chi connectivity index (χ4n) is 3.14. The van der Waals surface area contributed by atoms with Crippen molar-refractivity contribution in [1.82, 2.24) is 4.98 Å². The second-order valence-corrected chi connectivity index (χ2v) is 6.24. The second kappa shape index (κ2) is 8.55. The van der Waals surface area contributed by atoms with E-state index in [0.29, 0.717) is 0 Å². The molecule has 28 heavy (non-hydrogen) atoms. The van der Waals surface area contributed by atoms with E-state index < -0.39 is 47.3 Å². The van der Waals surface area contributed by atoms with Crippen molar-refractivity contribution in [3.8, 4) is 0 Å². The maximum Gasteiger partial charge on any atom is 0.328 e. The Balaban J connectivity index is 1.86. The number of hydrogen-bond acceptors (Lipinski definition) is 5. The van der Waals surface area contributed by atoms with Crippen LogP contribution in [0.4, 0.5) is 23.2 Å². The topological polar surface area (TPSA) is 51.7 Å². The van der Waals surface area contributed by atoms with Crippen LogP contribution < -0.4 is 4.90 Å². The first-order chi connectivity index (χ1) is 13.4. The van der Waals surface area contributed by atoms with Gasteiger partial charge >= 0.3 is 5.97 Å². The first-order valence-corrected chi connectivity index (χ1v) is 8.71. The molecule has 0 bridgehead atoms. The smallest absolute Gasteiger partial charge is 0.328 e. The lowest BCUT2D eigenvalue weighted by molar-refractivity contribution is -0.144. The number of aromatic nitrogens is 1. The van der Waals surface area contributed by atoms with Gasteiger partial charge in [0.2, 0.25) is 11.6 Å². The molecule has 2 unspecified atom stereocenters. The van der Waals surface area contributed by atoms with Crippen LogP contribution in [0.5, 0.6) is 0 Å². The Morgan fingerprint density at radius 3 is 2.39 bits per heavy atom. The number of ether oxygens (including phenoxy) is 2. The predicted molar refractivity (Wildman–Crippen MR) is 91.5 cm³/mol. The first kappa shape index (κ1) is 20.1. The molecule has 1 aliphatic heterocycles. The van der Waals surface area contributed by atoms with Crippen molar-refractivity contribution in [1.29, 1.82) is 0 Å². The van der Waals surface area contributed by atoms with E-state index >= 15 is 0 Å². The summed E-state index contributed by atoms with van der Waals surface area (Å²) in [5.74, 6) is -7.67. The van der Waals surface area contributed by atoms with Crippen LogP contribution in [0.2, 0.25) is 0 Å². The molecule has 1 saturated heterocycles. The largest absolute Gasteiger partial charge is 0.464 e. The summed E-state index contributed by atoms with van der Waals surface area (Å²) in [5.41, 5.74) is -0.124. The Hall–Kier alpha value is -2.68. The molecule has 5 nitrogen and oxygen atoms in total. The van der Waals surface area contributed by atoms with E-state index in [0.717, 1.165) is 10.5 Å². The summed E-state index contributed by atoms with van der Waals surface area (Å²) in [6, 6.07) is 8.02. The van der Waals surface area contributed by atoms with Gasteiger partial charge in [0.1, 0.15) is 11.7 Å². The number of anilines is 1. The Morgan fingerprint density at radius 2 is 1.79 bits per heavy atom. The molecule has 150 valence electrons. The molecule has 0 saturated carbocycles. The number of hydrogen-bond donors (Lipinski definition) is 0. The van der Waals surface area contributed by atoms with Crippen molar-refractivity contribution in [2.24, 2.45) is 0 Å². The van der Waals surface area contributed by atoms with Crippen LogP contribution in [0.3, 0.4) is 0 Å². The standard InChI is InChI=1S/C19H18F4N2O3/c1-2-27-19(26)13-8-12(28-10-11-6-4-3-5-7-11)9-25(13)16-14(20)17(22)24-18(23)15(16)21/h3-7,12-13H,2,8-10H2,1H3. The SMILES string of the molecule is CCOC(=O)C1CC(OCc2ccccc2)CN1c1c(F)c(F)nc(F)c1F. The molecule has 0 radical (unpaired) electrons. The number of nitrogens with zero attached hydrogens (tertiary/aromatic N) is 2. The number of benzene rings is 1. The van der Waals surface area contributed by atoms with Crippen molar-refractivity contribution in [2.45, 2.75) is 32.1 Å². The number of esters is 1. The fourth-order valence-corrected chi connectivity index (χ4v) is 3.14. The van der Waals surface area contributed by atoms with Crippen molar-refractivity contribution < 1.29 is 31.8 Å². The van der Waals surface area contributed by atoms with E-state index in [1.54, 1.807) is 6.92 Å². The molecule has 0 amide bonds. The molecule has 9 heteroatoms. The van der Waals surface area contributed by atoms with Gasteiger partial charge in [0.05, 0.1) is 19.3 Å². The summed E-state index contributed by atoms with van der Waals surface area (Å²) in [7, 11) is 0. The van der Waals surface area contributed by atoms with Gasteiger partial charge in [-0.25, -0.2) is 4.79 Å². The minimum absolute atomic E-state index is 0.0444. The Kier molecular flexibility index (Phi) is 6.13. The summed E-state index contributed by atoms with van der Waals surface area (Å²) < 4.78 is 66.2. The van der Waals surface area contributed by atoms with Gasteiger partial charge in [0.15, 0.2) is 0 Å². The third-order valence-electron chi connectivity index (χ3n) is 4.41. The summed E-state index contributed by atoms with van der Waals surface area (Å²) in [6.45, 7) is 1.68. The average molecular weight is 398 g/mol. The molecule has 1 aromatic heterocycles. The molecule has 2 aromatic rings. The van der Waals surface area contributed by atoms with E-state index in [-0.39, 0.29) is 26.2 Å². The van der Waals surface area contributed by atoms with Crippen LogP contribution in [0.15, 0.2) is 30.3 Å². The maximum atomic E-state index is 14.2. The highest BCUT2D eigenvalue weighted by atomic mass is 19.2. The highest BCUT2D eigenvalue weighted by molar-refractivity contribution is 5.81. The highest BCUT2D eigenvalue weighted by Crippen LogP contribution is 2.34. The monoisotopic (exact) mass is 398 g/mol. The molecule has 0 aliphatic carbocycles. The summed E-state index contributed by atoms with van der Waals surface area (Å²) in [6.07, 6.45) is -0.552. The second-order valence-electron chi connectivity index (χ2n) is 6.24. The molecular weight excluding hydrogens is 380 g/mol. The number of carbonyl (C=O) groups excluding carboxylic acids is 1. The van der Waals surface area contributed by atoms with E-state index in [4.69, 9.17) is 9.47 Å². The molecule has 1 fully saturated rings. The lowest BCUT2D eigenvalue weighted by Crippen LogP contribution is -2.39. The highest BCUT2D eigenvalue weighted by Gasteiger charge is 2.42. The van der Waals surface area contributed by atoms with Crippen LogP contribution in [0, 0.1) is 23.5 Å². The molecular formula is C19H18F4N2O3. The Bertz CT molecular complexity index is 825. The van der Waals surface area contributed by atoms with Gasteiger partial charge in [-0.2, -0.15) is 22.5 Å². The van der Waals surface area contributed by atoms with Gasteiger partial charge in [-0.3, -0.25) is 0 Å². The summed E-state index contributed by atoms with van der Waals surface area (Å²) >= 11 is 0. The van der Waals surface area contributed by atoms with E-state index in [2.05, 4.69) is 4.98 Å². The molecule has 1 aliphatic rings. The van der Waals surface area contributed by atoms with Crippen molar-refractivity contribution in [3.05, 3.63) is 59.4 Å². The summed E-state index contributed by atoms with van der Waals surface area (Å²) in [5, 5.41) is 0. The maximum absolute atomic E-state index is 14.2. The third kappa shape index (κ3) is 4.09. The molecule has 0 N–H and O–H groups in total. The minimum Gasteiger partial charge on any atom is -0.464 e. The first-order valence-electron chi connectivity index (χ1n) is 8.71. The van der Waals surface area contributed by atoms with E-state index in [1.165, 1.54) is 0 Å². The quantitative estimate of drug-likeness (QED) is 0.424. The molecule has 2 heterocycles. The van der Waals surface area contributed by atoms with Gasteiger partial charge in [0, 0.05) is 13.0 Å². The van der Waals surface area contributed by atoms with Crippen LogP contribution >= 0.6 is 0 Å². The van der Waals surface area contributed by atoms with Crippen LogP contribution in [0.25, 0.3) is 0 Å².